The molecule has 2 rings (SSSR count). The number of hydrogen-bond acceptors (Lipinski definition) is 2. The fraction of sp³-hybridized carbons (Fsp3) is 0.188. The zero-order chi connectivity index (χ0) is 15.2. The minimum absolute atomic E-state index is 0.0923. The molecule has 0 bridgehead atoms. The second kappa shape index (κ2) is 6.95. The van der Waals surface area contributed by atoms with E-state index in [1.807, 2.05) is 30.3 Å². The average molecular weight is 290 g/mol. The number of halogens is 2. The van der Waals surface area contributed by atoms with Crippen molar-refractivity contribution in [3.05, 3.63) is 71.3 Å². The van der Waals surface area contributed by atoms with E-state index in [1.165, 1.54) is 0 Å². The van der Waals surface area contributed by atoms with Gasteiger partial charge < -0.3 is 11.1 Å². The Kier molecular flexibility index (Phi) is 5.00. The maximum Gasteiger partial charge on any atom is 0.237 e. The third-order valence-electron chi connectivity index (χ3n) is 3.10. The Morgan fingerprint density at radius 1 is 1.14 bits per heavy atom. The fourth-order valence-electron chi connectivity index (χ4n) is 1.95. The molecule has 0 unspecified atom stereocenters. The molecule has 0 aliphatic rings. The largest absolute Gasteiger partial charge is 0.351 e. The first-order chi connectivity index (χ1) is 10.1. The molecular weight excluding hydrogens is 274 g/mol. The highest BCUT2D eigenvalue weighted by Crippen LogP contribution is 2.09. The highest BCUT2D eigenvalue weighted by molar-refractivity contribution is 5.81. The van der Waals surface area contributed by atoms with Crippen LogP contribution < -0.4 is 11.1 Å². The predicted molar refractivity (Wildman–Crippen MR) is 76.3 cm³/mol. The molecule has 0 saturated carbocycles. The molecule has 0 aromatic heterocycles. The van der Waals surface area contributed by atoms with Gasteiger partial charge in [-0.25, -0.2) is 8.78 Å². The number of benzene rings is 2. The van der Waals surface area contributed by atoms with Gasteiger partial charge in [-0.2, -0.15) is 0 Å². The number of rotatable bonds is 5. The molecule has 1 atom stereocenters. The second-order valence-electron chi connectivity index (χ2n) is 4.75. The summed E-state index contributed by atoms with van der Waals surface area (Å²) in [5.74, 6) is -1.51. The van der Waals surface area contributed by atoms with Gasteiger partial charge in [0.05, 0.1) is 6.04 Å². The van der Waals surface area contributed by atoms with Crippen molar-refractivity contribution in [2.24, 2.45) is 5.73 Å². The topological polar surface area (TPSA) is 55.1 Å². The van der Waals surface area contributed by atoms with Gasteiger partial charge in [-0.3, -0.25) is 4.79 Å². The molecule has 5 heteroatoms. The molecule has 0 saturated heterocycles. The Morgan fingerprint density at radius 3 is 2.57 bits per heavy atom. The van der Waals surface area contributed by atoms with Crippen LogP contribution >= 0.6 is 0 Å². The van der Waals surface area contributed by atoms with Gasteiger partial charge in [-0.15, -0.1) is 0 Å². The van der Waals surface area contributed by atoms with Crippen LogP contribution in [0.5, 0.6) is 0 Å². The summed E-state index contributed by atoms with van der Waals surface area (Å²) >= 11 is 0. The molecular formula is C16H16F2N2O. The maximum absolute atomic E-state index is 13.4. The third kappa shape index (κ3) is 4.36. The minimum atomic E-state index is -0.732. The summed E-state index contributed by atoms with van der Waals surface area (Å²) < 4.78 is 26.4. The van der Waals surface area contributed by atoms with E-state index >= 15 is 0 Å². The Bertz CT molecular complexity index is 617. The number of carbonyl (C=O) groups excluding carboxylic acids is 1. The summed E-state index contributed by atoms with van der Waals surface area (Å²) in [5.41, 5.74) is 6.84. The molecule has 2 aromatic rings. The SMILES string of the molecule is N[C@@H](Cc1ccccc1)C(=O)NCc1cc(F)ccc1F. The molecule has 0 aliphatic carbocycles. The van der Waals surface area contributed by atoms with E-state index in [0.29, 0.717) is 6.42 Å². The lowest BCUT2D eigenvalue weighted by molar-refractivity contribution is -0.122. The highest BCUT2D eigenvalue weighted by atomic mass is 19.1. The number of nitrogens with one attached hydrogen (secondary N) is 1. The summed E-state index contributed by atoms with van der Waals surface area (Å²) in [4.78, 5) is 11.9. The van der Waals surface area contributed by atoms with Crippen LogP contribution in [0.1, 0.15) is 11.1 Å². The molecule has 3 nitrogen and oxygen atoms in total. The first-order valence-corrected chi connectivity index (χ1v) is 6.57. The van der Waals surface area contributed by atoms with Crippen LogP contribution in [0.2, 0.25) is 0 Å². The smallest absolute Gasteiger partial charge is 0.237 e. The van der Waals surface area contributed by atoms with Gasteiger partial charge in [0, 0.05) is 12.1 Å². The van der Waals surface area contributed by atoms with Crippen LogP contribution in [0, 0.1) is 11.6 Å². The van der Waals surface area contributed by atoms with Crippen molar-refractivity contribution in [3.8, 4) is 0 Å². The van der Waals surface area contributed by atoms with Crippen molar-refractivity contribution < 1.29 is 13.6 Å². The summed E-state index contributed by atoms with van der Waals surface area (Å²) in [7, 11) is 0. The lowest BCUT2D eigenvalue weighted by Crippen LogP contribution is -2.41. The second-order valence-corrected chi connectivity index (χ2v) is 4.75. The van der Waals surface area contributed by atoms with Gasteiger partial charge in [0.1, 0.15) is 11.6 Å². The molecule has 0 fully saturated rings. The average Bonchev–Trinajstić information content (AvgIpc) is 2.49. The van der Waals surface area contributed by atoms with Crippen LogP contribution in [0.4, 0.5) is 8.78 Å². The number of carbonyl (C=O) groups is 1. The van der Waals surface area contributed by atoms with Crippen molar-refractivity contribution in [2.75, 3.05) is 0 Å². The molecule has 1 amide bonds. The summed E-state index contributed by atoms with van der Waals surface area (Å²) in [5, 5.41) is 2.52. The van der Waals surface area contributed by atoms with E-state index in [0.717, 1.165) is 23.8 Å². The van der Waals surface area contributed by atoms with Crippen LogP contribution in [0.25, 0.3) is 0 Å². The molecule has 3 N–H and O–H groups in total. The maximum atomic E-state index is 13.4. The molecule has 0 spiro atoms. The Labute approximate surface area is 121 Å². The molecule has 21 heavy (non-hydrogen) atoms. The summed E-state index contributed by atoms with van der Waals surface area (Å²) in [6.45, 7) is -0.0923. The summed E-state index contributed by atoms with van der Waals surface area (Å²) in [6, 6.07) is 11.7. The van der Waals surface area contributed by atoms with E-state index in [4.69, 9.17) is 5.73 Å². The van der Waals surface area contributed by atoms with Gasteiger partial charge >= 0.3 is 0 Å². The van der Waals surface area contributed by atoms with E-state index in [-0.39, 0.29) is 12.1 Å². The highest BCUT2D eigenvalue weighted by Gasteiger charge is 2.14. The van der Waals surface area contributed by atoms with Gasteiger partial charge in [0.25, 0.3) is 0 Å². The van der Waals surface area contributed by atoms with Crippen LogP contribution in [-0.2, 0) is 17.8 Å². The van der Waals surface area contributed by atoms with E-state index in [9.17, 15) is 13.6 Å². The van der Waals surface area contributed by atoms with Crippen LogP contribution in [-0.4, -0.2) is 11.9 Å². The number of nitrogens with two attached hydrogens (primary N) is 1. The number of hydrogen-bond donors (Lipinski definition) is 2. The van der Waals surface area contributed by atoms with Gasteiger partial charge in [-0.05, 0) is 30.2 Å². The zero-order valence-corrected chi connectivity index (χ0v) is 11.4. The van der Waals surface area contributed by atoms with Crippen molar-refractivity contribution in [1.82, 2.24) is 5.32 Å². The first-order valence-electron chi connectivity index (χ1n) is 6.57. The van der Waals surface area contributed by atoms with Crippen LogP contribution in [0.3, 0.4) is 0 Å². The predicted octanol–water partition coefficient (Wildman–Crippen LogP) is 2.15. The Balaban J connectivity index is 1.91. The lowest BCUT2D eigenvalue weighted by atomic mass is 10.1. The molecule has 0 heterocycles. The fourth-order valence-corrected chi connectivity index (χ4v) is 1.95. The molecule has 2 aromatic carbocycles. The lowest BCUT2D eigenvalue weighted by Gasteiger charge is -2.12. The van der Waals surface area contributed by atoms with E-state index < -0.39 is 23.6 Å². The minimum Gasteiger partial charge on any atom is -0.351 e. The van der Waals surface area contributed by atoms with Gasteiger partial charge in [-0.1, -0.05) is 30.3 Å². The zero-order valence-electron chi connectivity index (χ0n) is 11.4. The van der Waals surface area contributed by atoms with Crippen molar-refractivity contribution in [1.29, 1.82) is 0 Å². The number of amides is 1. The first kappa shape index (κ1) is 15.1. The van der Waals surface area contributed by atoms with E-state index in [1.54, 1.807) is 0 Å². The molecule has 0 aliphatic heterocycles. The van der Waals surface area contributed by atoms with Gasteiger partial charge in [0.2, 0.25) is 5.91 Å². The quantitative estimate of drug-likeness (QED) is 0.886. The summed E-state index contributed by atoms with van der Waals surface area (Å²) in [6.07, 6.45) is 0.387. The monoisotopic (exact) mass is 290 g/mol. The van der Waals surface area contributed by atoms with Crippen molar-refractivity contribution in [2.45, 2.75) is 19.0 Å². The Morgan fingerprint density at radius 2 is 1.86 bits per heavy atom. The van der Waals surface area contributed by atoms with Crippen LogP contribution in [0.15, 0.2) is 48.5 Å². The molecule has 110 valence electrons. The third-order valence-corrected chi connectivity index (χ3v) is 3.10. The van der Waals surface area contributed by atoms with Gasteiger partial charge in [0.15, 0.2) is 0 Å². The van der Waals surface area contributed by atoms with Crippen molar-refractivity contribution in [3.63, 3.8) is 0 Å². The standard InChI is InChI=1S/C16H16F2N2O/c17-13-6-7-14(18)12(9-13)10-20-16(21)15(19)8-11-4-2-1-3-5-11/h1-7,9,15H,8,10,19H2,(H,20,21)/t15-/m0/s1. The Hall–Kier alpha value is -2.27. The molecule has 0 radical (unpaired) electrons. The normalized spacial score (nSPS) is 12.0. The van der Waals surface area contributed by atoms with E-state index in [2.05, 4.69) is 5.32 Å². The van der Waals surface area contributed by atoms with Crippen molar-refractivity contribution >= 4 is 5.91 Å².